The third-order valence-electron chi connectivity index (χ3n) is 5.91. The topological polar surface area (TPSA) is 12.5 Å². The Morgan fingerprint density at radius 2 is 1.43 bits per heavy atom. The SMILES string of the molecule is c1ccc2c(c1)Oc1cccc3c1B2N1c2ccccc2Sc2cccc-3c21. The zero-order valence-corrected chi connectivity index (χ0v) is 15.7. The van der Waals surface area contributed by atoms with Crippen molar-refractivity contribution in [2.45, 2.75) is 9.79 Å². The number of rotatable bonds is 0. The Morgan fingerprint density at radius 3 is 2.43 bits per heavy atom. The van der Waals surface area contributed by atoms with Gasteiger partial charge in [-0.1, -0.05) is 66.4 Å². The van der Waals surface area contributed by atoms with Crippen LogP contribution in [0.2, 0.25) is 0 Å². The molecule has 130 valence electrons. The van der Waals surface area contributed by atoms with E-state index in [9.17, 15) is 0 Å². The first-order valence-electron chi connectivity index (χ1n) is 9.49. The molecule has 3 heterocycles. The average molecular weight is 375 g/mol. The van der Waals surface area contributed by atoms with Gasteiger partial charge in [0.2, 0.25) is 0 Å². The van der Waals surface area contributed by atoms with E-state index in [-0.39, 0.29) is 6.85 Å². The summed E-state index contributed by atoms with van der Waals surface area (Å²) in [6, 6.07) is 30.3. The highest BCUT2D eigenvalue weighted by molar-refractivity contribution is 7.99. The molecule has 0 radical (unpaired) electrons. The van der Waals surface area contributed by atoms with Crippen LogP contribution in [0.1, 0.15) is 0 Å². The number of benzene rings is 4. The summed E-state index contributed by atoms with van der Waals surface area (Å²) in [6.07, 6.45) is 0. The number of ether oxygens (including phenoxy) is 1. The smallest absolute Gasteiger partial charge is 0.336 e. The van der Waals surface area contributed by atoms with Crippen LogP contribution in [-0.4, -0.2) is 6.85 Å². The molecule has 0 atom stereocenters. The van der Waals surface area contributed by atoms with Crippen molar-refractivity contribution >= 4 is 40.9 Å². The molecule has 0 saturated carbocycles. The predicted octanol–water partition coefficient (Wildman–Crippen LogP) is 5.18. The summed E-state index contributed by atoms with van der Waals surface area (Å²) < 4.78 is 6.34. The first kappa shape index (κ1) is 14.9. The third-order valence-corrected chi connectivity index (χ3v) is 7.02. The van der Waals surface area contributed by atoms with E-state index in [1.807, 2.05) is 11.8 Å². The molecule has 7 rings (SSSR count). The first-order chi connectivity index (χ1) is 13.9. The van der Waals surface area contributed by atoms with Crippen molar-refractivity contribution in [3.8, 4) is 22.6 Å². The minimum absolute atomic E-state index is 0.117. The summed E-state index contributed by atoms with van der Waals surface area (Å²) >= 11 is 1.87. The van der Waals surface area contributed by atoms with Crippen LogP contribution in [0.5, 0.6) is 11.5 Å². The molecule has 4 heteroatoms. The minimum Gasteiger partial charge on any atom is -0.458 e. The Balaban J connectivity index is 1.65. The van der Waals surface area contributed by atoms with E-state index in [0.717, 1.165) is 11.5 Å². The van der Waals surface area contributed by atoms with Crippen molar-refractivity contribution in [1.82, 2.24) is 0 Å². The Hall–Kier alpha value is -3.11. The standard InChI is InChI=1S/C24H14BNOS/c1-3-11-19-17(9-1)25-23-15(7-5-12-20(23)27-19)16-8-6-14-22-24(16)26(25)18-10-2-4-13-21(18)28-22/h1-14H. The number of para-hydroxylation sites is 3. The maximum atomic E-state index is 6.34. The summed E-state index contributed by atoms with van der Waals surface area (Å²) in [6.45, 7) is 0.117. The van der Waals surface area contributed by atoms with Gasteiger partial charge in [-0.2, -0.15) is 0 Å². The highest BCUT2D eigenvalue weighted by Crippen LogP contribution is 2.54. The predicted molar refractivity (Wildman–Crippen MR) is 116 cm³/mol. The van der Waals surface area contributed by atoms with Crippen LogP contribution in [0, 0.1) is 0 Å². The van der Waals surface area contributed by atoms with Gasteiger partial charge in [-0.25, -0.2) is 0 Å². The van der Waals surface area contributed by atoms with Gasteiger partial charge in [-0.15, -0.1) is 0 Å². The second-order valence-corrected chi connectivity index (χ2v) is 8.44. The lowest BCUT2D eigenvalue weighted by molar-refractivity contribution is 0.487. The molecule has 0 N–H and O–H groups in total. The largest absolute Gasteiger partial charge is 0.458 e. The fourth-order valence-electron chi connectivity index (χ4n) is 4.81. The zero-order valence-electron chi connectivity index (χ0n) is 14.9. The molecule has 4 aromatic carbocycles. The summed E-state index contributed by atoms with van der Waals surface area (Å²) in [4.78, 5) is 5.15. The van der Waals surface area contributed by atoms with Gasteiger partial charge in [-0.3, -0.25) is 0 Å². The Labute approximate surface area is 167 Å². The third kappa shape index (κ3) is 1.76. The maximum Gasteiger partial charge on any atom is 0.336 e. The van der Waals surface area contributed by atoms with E-state index in [0.29, 0.717) is 0 Å². The van der Waals surface area contributed by atoms with E-state index in [1.54, 1.807) is 0 Å². The van der Waals surface area contributed by atoms with Crippen LogP contribution in [0.25, 0.3) is 11.1 Å². The quantitative estimate of drug-likeness (QED) is 0.393. The Bertz CT molecular complexity index is 1200. The van der Waals surface area contributed by atoms with Crippen molar-refractivity contribution in [1.29, 1.82) is 0 Å². The molecule has 0 amide bonds. The van der Waals surface area contributed by atoms with Gasteiger partial charge in [0, 0.05) is 26.5 Å². The second-order valence-electron chi connectivity index (χ2n) is 7.35. The van der Waals surface area contributed by atoms with Gasteiger partial charge < -0.3 is 9.55 Å². The van der Waals surface area contributed by atoms with Crippen LogP contribution in [0.15, 0.2) is 94.7 Å². The molecule has 0 unspecified atom stereocenters. The van der Waals surface area contributed by atoms with Crippen molar-refractivity contribution in [2.75, 3.05) is 4.81 Å². The van der Waals surface area contributed by atoms with Crippen LogP contribution in [0.3, 0.4) is 0 Å². The summed E-state index contributed by atoms with van der Waals surface area (Å²) in [7, 11) is 0. The summed E-state index contributed by atoms with van der Waals surface area (Å²) in [5, 5.41) is 0. The number of nitrogens with zero attached hydrogens (tertiary/aromatic N) is 1. The lowest BCUT2D eigenvalue weighted by atomic mass is 9.44. The molecule has 0 aromatic heterocycles. The van der Waals surface area contributed by atoms with E-state index < -0.39 is 0 Å². The molecule has 3 aliphatic rings. The fraction of sp³-hybridized carbons (Fsp3) is 0. The minimum atomic E-state index is 0.117. The molecule has 4 aromatic rings. The van der Waals surface area contributed by atoms with Crippen LogP contribution >= 0.6 is 11.8 Å². The molecule has 0 saturated heterocycles. The van der Waals surface area contributed by atoms with Crippen LogP contribution in [0.4, 0.5) is 11.4 Å². The number of anilines is 2. The lowest BCUT2D eigenvalue weighted by Crippen LogP contribution is -2.60. The maximum absolute atomic E-state index is 6.34. The monoisotopic (exact) mass is 375 g/mol. The highest BCUT2D eigenvalue weighted by Gasteiger charge is 2.45. The molecule has 0 fully saturated rings. The molecule has 0 aliphatic carbocycles. The summed E-state index contributed by atoms with van der Waals surface area (Å²) in [5.41, 5.74) is 7.66. The van der Waals surface area contributed by atoms with E-state index >= 15 is 0 Å². The lowest BCUT2D eigenvalue weighted by Gasteiger charge is -2.45. The highest BCUT2D eigenvalue weighted by atomic mass is 32.2. The number of hydrogen-bond acceptors (Lipinski definition) is 3. The Kier molecular flexibility index (Phi) is 2.79. The number of hydrogen-bond donors (Lipinski definition) is 0. The normalized spacial score (nSPS) is 14.4. The van der Waals surface area contributed by atoms with E-state index in [4.69, 9.17) is 4.74 Å². The average Bonchev–Trinajstić information content (AvgIpc) is 2.75. The van der Waals surface area contributed by atoms with Gasteiger partial charge in [0.25, 0.3) is 0 Å². The second kappa shape index (κ2) is 5.24. The molecule has 0 bridgehead atoms. The molecular weight excluding hydrogens is 361 g/mol. The van der Waals surface area contributed by atoms with Gasteiger partial charge >= 0.3 is 6.85 Å². The molecule has 2 nitrogen and oxygen atoms in total. The van der Waals surface area contributed by atoms with E-state index in [2.05, 4.69) is 89.7 Å². The fourth-order valence-corrected chi connectivity index (χ4v) is 5.92. The number of fused-ring (bicyclic) bond motifs is 6. The van der Waals surface area contributed by atoms with Gasteiger partial charge in [-0.05, 0) is 41.4 Å². The molecule has 0 spiro atoms. The molecule has 3 aliphatic heterocycles. The van der Waals surface area contributed by atoms with E-state index in [1.165, 1.54) is 43.2 Å². The Morgan fingerprint density at radius 1 is 0.679 bits per heavy atom. The van der Waals surface area contributed by atoms with Gasteiger partial charge in [0.15, 0.2) is 0 Å². The molecular formula is C24H14BNOS. The van der Waals surface area contributed by atoms with Crippen LogP contribution < -0.4 is 20.5 Å². The van der Waals surface area contributed by atoms with Crippen LogP contribution in [-0.2, 0) is 0 Å². The van der Waals surface area contributed by atoms with Crippen molar-refractivity contribution in [2.24, 2.45) is 0 Å². The van der Waals surface area contributed by atoms with Crippen molar-refractivity contribution in [3.05, 3.63) is 84.9 Å². The van der Waals surface area contributed by atoms with Crippen molar-refractivity contribution in [3.63, 3.8) is 0 Å². The zero-order chi connectivity index (χ0) is 18.2. The first-order valence-corrected chi connectivity index (χ1v) is 10.3. The summed E-state index contributed by atoms with van der Waals surface area (Å²) in [5.74, 6) is 1.92. The molecule has 28 heavy (non-hydrogen) atoms. The van der Waals surface area contributed by atoms with Gasteiger partial charge in [0.1, 0.15) is 11.5 Å². The van der Waals surface area contributed by atoms with Gasteiger partial charge in [0.05, 0.1) is 5.69 Å². The van der Waals surface area contributed by atoms with Crippen molar-refractivity contribution < 1.29 is 4.74 Å².